The molecule has 5 atom stereocenters. The molecular weight excluding hydrogens is 344 g/mol. The van der Waals surface area contributed by atoms with Crippen LogP contribution in [0.2, 0.25) is 0 Å². The number of benzene rings is 1. The zero-order chi connectivity index (χ0) is 19.1. The minimum Gasteiger partial charge on any atom is -0.393 e. The number of aliphatic hydroxyl groups excluding tert-OH is 1. The summed E-state index contributed by atoms with van der Waals surface area (Å²) in [7, 11) is 1.54. The summed E-state index contributed by atoms with van der Waals surface area (Å²) in [6.07, 6.45) is 1.26. The maximum absolute atomic E-state index is 12.9. The van der Waals surface area contributed by atoms with Gasteiger partial charge < -0.3 is 15.7 Å². The predicted molar refractivity (Wildman–Crippen MR) is 99.3 cm³/mol. The highest BCUT2D eigenvalue weighted by Crippen LogP contribution is 2.52. The van der Waals surface area contributed by atoms with E-state index in [0.29, 0.717) is 17.5 Å². The number of aromatic nitrogens is 2. The lowest BCUT2D eigenvalue weighted by molar-refractivity contribution is 0.0923. The molecule has 2 aliphatic rings. The Hall–Kier alpha value is -2.67. The molecule has 0 unspecified atom stereocenters. The SMILES string of the molecule is CNC(=O)c1cc(C(=O)N[C@H]2[C@@H]3C[C@H](O)C[C@@H]32)n([C@@H](C)c2ccccc2)n1. The second-order valence-corrected chi connectivity index (χ2v) is 7.48. The van der Waals surface area contributed by atoms with Gasteiger partial charge in [-0.2, -0.15) is 5.10 Å². The van der Waals surface area contributed by atoms with Crippen molar-refractivity contribution < 1.29 is 14.7 Å². The van der Waals surface area contributed by atoms with Gasteiger partial charge in [0.25, 0.3) is 11.8 Å². The van der Waals surface area contributed by atoms with Gasteiger partial charge in [0.2, 0.25) is 0 Å². The van der Waals surface area contributed by atoms with E-state index in [1.807, 2.05) is 37.3 Å². The molecule has 0 radical (unpaired) electrons. The van der Waals surface area contributed by atoms with Gasteiger partial charge in [0.1, 0.15) is 5.69 Å². The number of rotatable bonds is 5. The van der Waals surface area contributed by atoms with Gasteiger partial charge in [-0.05, 0) is 37.2 Å². The average Bonchev–Trinajstić information content (AvgIpc) is 3.07. The van der Waals surface area contributed by atoms with E-state index in [1.54, 1.807) is 17.8 Å². The number of nitrogens with zero attached hydrogens (tertiary/aromatic N) is 2. The molecule has 1 aromatic carbocycles. The first-order valence-corrected chi connectivity index (χ1v) is 9.35. The van der Waals surface area contributed by atoms with Crippen LogP contribution >= 0.6 is 0 Å². The molecule has 7 nitrogen and oxygen atoms in total. The Morgan fingerprint density at radius 1 is 1.19 bits per heavy atom. The fourth-order valence-electron chi connectivity index (χ4n) is 4.22. The average molecular weight is 368 g/mol. The molecular formula is C20H24N4O3. The molecule has 2 aliphatic carbocycles. The molecule has 2 fully saturated rings. The molecule has 142 valence electrons. The van der Waals surface area contributed by atoms with Crippen LogP contribution in [-0.4, -0.2) is 45.9 Å². The highest BCUT2D eigenvalue weighted by molar-refractivity contribution is 5.98. The summed E-state index contributed by atoms with van der Waals surface area (Å²) in [5.74, 6) is 0.180. The molecule has 2 aromatic rings. The van der Waals surface area contributed by atoms with Crippen LogP contribution in [0.4, 0.5) is 0 Å². The lowest BCUT2D eigenvalue weighted by Crippen LogP contribution is -2.32. The van der Waals surface area contributed by atoms with E-state index in [-0.39, 0.29) is 35.7 Å². The third-order valence-corrected chi connectivity index (χ3v) is 5.79. The van der Waals surface area contributed by atoms with E-state index in [4.69, 9.17) is 0 Å². The summed E-state index contributed by atoms with van der Waals surface area (Å²) < 4.78 is 1.61. The van der Waals surface area contributed by atoms with Crippen molar-refractivity contribution in [2.75, 3.05) is 7.05 Å². The highest BCUT2D eigenvalue weighted by Gasteiger charge is 2.56. The first kappa shape index (κ1) is 17.7. The third-order valence-electron chi connectivity index (χ3n) is 5.79. The summed E-state index contributed by atoms with van der Waals surface area (Å²) in [6, 6.07) is 11.2. The van der Waals surface area contributed by atoms with E-state index in [9.17, 15) is 14.7 Å². The van der Waals surface area contributed by atoms with Gasteiger partial charge in [-0.25, -0.2) is 0 Å². The van der Waals surface area contributed by atoms with Crippen LogP contribution in [0.25, 0.3) is 0 Å². The molecule has 1 aromatic heterocycles. The van der Waals surface area contributed by atoms with Crippen molar-refractivity contribution in [3.05, 3.63) is 53.3 Å². The highest BCUT2D eigenvalue weighted by atomic mass is 16.3. The van der Waals surface area contributed by atoms with Crippen LogP contribution in [0, 0.1) is 11.8 Å². The van der Waals surface area contributed by atoms with Crippen LogP contribution < -0.4 is 10.6 Å². The molecule has 2 amide bonds. The smallest absolute Gasteiger partial charge is 0.271 e. The largest absolute Gasteiger partial charge is 0.393 e. The van der Waals surface area contributed by atoms with E-state index in [2.05, 4.69) is 15.7 Å². The lowest BCUT2D eigenvalue weighted by atomic mass is 10.1. The van der Waals surface area contributed by atoms with E-state index in [1.165, 1.54) is 0 Å². The third kappa shape index (κ3) is 3.23. The summed E-state index contributed by atoms with van der Waals surface area (Å²) in [5, 5.41) is 19.7. The first-order valence-electron chi connectivity index (χ1n) is 9.35. The second-order valence-electron chi connectivity index (χ2n) is 7.48. The van der Waals surface area contributed by atoms with Crippen LogP contribution in [-0.2, 0) is 0 Å². The molecule has 4 rings (SSSR count). The van der Waals surface area contributed by atoms with Crippen LogP contribution in [0.15, 0.2) is 36.4 Å². The zero-order valence-corrected chi connectivity index (χ0v) is 15.4. The summed E-state index contributed by atoms with van der Waals surface area (Å²) in [5.41, 5.74) is 1.59. The topological polar surface area (TPSA) is 96.3 Å². The van der Waals surface area contributed by atoms with Crippen LogP contribution in [0.5, 0.6) is 0 Å². The minimum absolute atomic E-state index is 0.111. The predicted octanol–water partition coefficient (Wildman–Crippen LogP) is 1.35. The maximum atomic E-state index is 12.9. The molecule has 3 N–H and O–H groups in total. The van der Waals surface area contributed by atoms with Gasteiger partial charge in [0.05, 0.1) is 12.1 Å². The number of nitrogens with one attached hydrogen (secondary N) is 2. The number of hydrogen-bond donors (Lipinski definition) is 3. The van der Waals surface area contributed by atoms with Gasteiger partial charge >= 0.3 is 0 Å². The number of carbonyl (C=O) groups excluding carboxylic acids is 2. The van der Waals surface area contributed by atoms with Crippen molar-refractivity contribution in [3.8, 4) is 0 Å². The fourth-order valence-corrected chi connectivity index (χ4v) is 4.22. The summed E-state index contributed by atoms with van der Waals surface area (Å²) >= 11 is 0. The molecule has 0 bridgehead atoms. The van der Waals surface area contributed by atoms with Gasteiger partial charge in [-0.15, -0.1) is 0 Å². The van der Waals surface area contributed by atoms with Gasteiger partial charge in [0.15, 0.2) is 5.69 Å². The van der Waals surface area contributed by atoms with Crippen molar-refractivity contribution in [1.29, 1.82) is 0 Å². The fraction of sp³-hybridized carbons (Fsp3) is 0.450. The standard InChI is InChI=1S/C20H24N4O3/c1-11(12-6-4-3-5-7-12)24-17(10-16(23-24)19(26)21-2)20(27)22-18-14-8-13(25)9-15(14)18/h3-7,10-11,13-15,18,25H,8-9H2,1-2H3,(H,21,26)(H,22,27)/t11-,13-,14+,15-,18-/m0/s1. The Balaban J connectivity index is 1.59. The van der Waals surface area contributed by atoms with E-state index in [0.717, 1.165) is 18.4 Å². The minimum atomic E-state index is -0.325. The van der Waals surface area contributed by atoms with Crippen LogP contribution in [0.3, 0.4) is 0 Å². The first-order chi connectivity index (χ1) is 13.0. The van der Waals surface area contributed by atoms with Crippen molar-refractivity contribution >= 4 is 11.8 Å². The number of fused-ring (bicyclic) bond motifs is 1. The van der Waals surface area contributed by atoms with Crippen molar-refractivity contribution in [3.63, 3.8) is 0 Å². The second kappa shape index (κ2) is 6.81. The molecule has 0 spiro atoms. The van der Waals surface area contributed by atoms with Crippen LogP contribution in [0.1, 0.15) is 52.3 Å². The lowest BCUT2D eigenvalue weighted by Gasteiger charge is -2.16. The number of hydrogen-bond acceptors (Lipinski definition) is 4. The number of aliphatic hydroxyl groups is 1. The van der Waals surface area contributed by atoms with Gasteiger partial charge in [-0.1, -0.05) is 30.3 Å². The van der Waals surface area contributed by atoms with Crippen molar-refractivity contribution in [2.45, 2.75) is 38.0 Å². The van der Waals surface area contributed by atoms with Crippen molar-refractivity contribution in [1.82, 2.24) is 20.4 Å². The molecule has 2 saturated carbocycles. The Morgan fingerprint density at radius 2 is 1.85 bits per heavy atom. The molecule has 7 heteroatoms. The quantitative estimate of drug-likeness (QED) is 0.742. The number of amides is 2. The Bertz CT molecular complexity index is 851. The van der Waals surface area contributed by atoms with E-state index < -0.39 is 0 Å². The van der Waals surface area contributed by atoms with Gasteiger partial charge in [-0.3, -0.25) is 14.3 Å². The Morgan fingerprint density at radius 3 is 2.48 bits per heavy atom. The molecule has 1 heterocycles. The van der Waals surface area contributed by atoms with Gasteiger partial charge in [0, 0.05) is 19.2 Å². The normalized spacial score (nSPS) is 26.9. The maximum Gasteiger partial charge on any atom is 0.271 e. The summed E-state index contributed by atoms with van der Waals surface area (Å²) in [6.45, 7) is 1.95. The summed E-state index contributed by atoms with van der Waals surface area (Å²) in [4.78, 5) is 25.0. The Labute approximate surface area is 157 Å². The zero-order valence-electron chi connectivity index (χ0n) is 15.4. The monoisotopic (exact) mass is 368 g/mol. The Kier molecular flexibility index (Phi) is 4.47. The molecule has 27 heavy (non-hydrogen) atoms. The molecule has 0 aliphatic heterocycles. The van der Waals surface area contributed by atoms with Crippen molar-refractivity contribution in [2.24, 2.45) is 11.8 Å². The number of carbonyl (C=O) groups is 2. The van der Waals surface area contributed by atoms with E-state index >= 15 is 0 Å². The molecule has 0 saturated heterocycles.